The highest BCUT2D eigenvalue weighted by molar-refractivity contribution is 14.0. The van der Waals surface area contributed by atoms with E-state index in [0.29, 0.717) is 38.1 Å². The SMILES string of the molecule is CS(=O)(=O)N1CCC(CNC(N)=NCc2ccco2)CC1.I. The van der Waals surface area contributed by atoms with Gasteiger partial charge in [0, 0.05) is 19.6 Å². The van der Waals surface area contributed by atoms with Gasteiger partial charge in [-0.25, -0.2) is 17.7 Å². The summed E-state index contributed by atoms with van der Waals surface area (Å²) in [5, 5.41) is 3.09. The minimum Gasteiger partial charge on any atom is -0.467 e. The highest BCUT2D eigenvalue weighted by atomic mass is 127. The lowest BCUT2D eigenvalue weighted by atomic mass is 9.98. The molecule has 0 saturated carbocycles. The number of hydrogen-bond acceptors (Lipinski definition) is 4. The van der Waals surface area contributed by atoms with Gasteiger partial charge < -0.3 is 15.5 Å². The Morgan fingerprint density at radius 1 is 1.50 bits per heavy atom. The number of aliphatic imine (C=N–C) groups is 1. The molecule has 0 amide bonds. The van der Waals surface area contributed by atoms with E-state index in [0.717, 1.165) is 18.6 Å². The van der Waals surface area contributed by atoms with E-state index in [2.05, 4.69) is 10.3 Å². The molecule has 0 aromatic carbocycles. The van der Waals surface area contributed by atoms with Crippen molar-refractivity contribution in [2.45, 2.75) is 19.4 Å². The van der Waals surface area contributed by atoms with E-state index in [9.17, 15) is 8.42 Å². The maximum absolute atomic E-state index is 11.4. The van der Waals surface area contributed by atoms with Gasteiger partial charge in [0.2, 0.25) is 10.0 Å². The average molecular weight is 442 g/mol. The third kappa shape index (κ3) is 6.13. The Hall–Kier alpha value is -0.810. The Kier molecular flexibility index (Phi) is 7.63. The zero-order valence-electron chi connectivity index (χ0n) is 12.6. The number of nitrogens with one attached hydrogen (secondary N) is 1. The number of rotatable bonds is 5. The zero-order chi connectivity index (χ0) is 15.3. The zero-order valence-corrected chi connectivity index (χ0v) is 15.7. The van der Waals surface area contributed by atoms with E-state index in [1.165, 1.54) is 10.6 Å². The summed E-state index contributed by atoms with van der Waals surface area (Å²) in [6.07, 6.45) is 4.53. The van der Waals surface area contributed by atoms with E-state index < -0.39 is 10.0 Å². The molecule has 2 rings (SSSR count). The van der Waals surface area contributed by atoms with Crippen LogP contribution in [0.1, 0.15) is 18.6 Å². The standard InChI is InChI=1S/C13H22N4O3S.HI/c1-21(18,19)17-6-4-11(5-7-17)9-15-13(14)16-10-12-3-2-8-20-12;/h2-3,8,11H,4-7,9-10H2,1H3,(H3,14,15,16);1H. The van der Waals surface area contributed by atoms with Crippen LogP contribution in [0.4, 0.5) is 0 Å². The topological polar surface area (TPSA) is 101 Å². The Morgan fingerprint density at radius 2 is 2.18 bits per heavy atom. The molecule has 0 bridgehead atoms. The summed E-state index contributed by atoms with van der Waals surface area (Å²) in [7, 11) is -3.06. The third-order valence-corrected chi connectivity index (χ3v) is 4.90. The van der Waals surface area contributed by atoms with Crippen LogP contribution in [0.3, 0.4) is 0 Å². The van der Waals surface area contributed by atoms with Crippen molar-refractivity contribution >= 4 is 40.0 Å². The highest BCUT2D eigenvalue weighted by Gasteiger charge is 2.24. The van der Waals surface area contributed by atoms with Gasteiger partial charge in [0.05, 0.1) is 12.5 Å². The maximum atomic E-state index is 11.4. The molecule has 1 saturated heterocycles. The molecule has 7 nitrogen and oxygen atoms in total. The minimum absolute atomic E-state index is 0. The molecule has 0 atom stereocenters. The fourth-order valence-electron chi connectivity index (χ4n) is 2.32. The van der Waals surface area contributed by atoms with Crippen LogP contribution < -0.4 is 11.1 Å². The molecule has 0 radical (unpaired) electrons. The summed E-state index contributed by atoms with van der Waals surface area (Å²) < 4.78 is 29.5. The Bertz CT molecular complexity index is 566. The van der Waals surface area contributed by atoms with E-state index in [4.69, 9.17) is 10.2 Å². The number of sulfonamides is 1. The van der Waals surface area contributed by atoms with Gasteiger partial charge in [-0.15, -0.1) is 24.0 Å². The summed E-state index contributed by atoms with van der Waals surface area (Å²) in [5.41, 5.74) is 5.79. The normalized spacial score (nSPS) is 18.0. The number of hydrogen-bond donors (Lipinski definition) is 2. The Morgan fingerprint density at radius 3 is 2.73 bits per heavy atom. The number of nitrogens with two attached hydrogens (primary N) is 1. The van der Waals surface area contributed by atoms with Gasteiger partial charge in [-0.05, 0) is 30.9 Å². The number of furan rings is 1. The second-order valence-electron chi connectivity index (χ2n) is 5.27. The van der Waals surface area contributed by atoms with Crippen molar-refractivity contribution in [3.8, 4) is 0 Å². The van der Waals surface area contributed by atoms with Crippen molar-refractivity contribution in [1.29, 1.82) is 0 Å². The van der Waals surface area contributed by atoms with Crippen LogP contribution in [0.2, 0.25) is 0 Å². The molecule has 3 N–H and O–H groups in total. The molecule has 2 heterocycles. The monoisotopic (exact) mass is 442 g/mol. The summed E-state index contributed by atoms with van der Waals surface area (Å²) in [6.45, 7) is 2.28. The van der Waals surface area contributed by atoms with Crippen molar-refractivity contribution in [2.75, 3.05) is 25.9 Å². The lowest BCUT2D eigenvalue weighted by Crippen LogP contribution is -2.42. The van der Waals surface area contributed by atoms with Crippen LogP contribution in [0, 0.1) is 5.92 Å². The molecule has 0 aliphatic carbocycles. The van der Waals surface area contributed by atoms with Crippen molar-refractivity contribution in [1.82, 2.24) is 9.62 Å². The predicted molar refractivity (Wildman–Crippen MR) is 96.6 cm³/mol. The molecule has 9 heteroatoms. The molecule has 1 aromatic heterocycles. The van der Waals surface area contributed by atoms with Crippen molar-refractivity contribution in [2.24, 2.45) is 16.6 Å². The van der Waals surface area contributed by atoms with E-state index in [1.807, 2.05) is 12.1 Å². The molecule has 1 fully saturated rings. The lowest BCUT2D eigenvalue weighted by molar-refractivity contribution is 0.275. The smallest absolute Gasteiger partial charge is 0.211 e. The molecular weight excluding hydrogens is 419 g/mol. The third-order valence-electron chi connectivity index (χ3n) is 3.60. The molecule has 1 aliphatic heterocycles. The van der Waals surface area contributed by atoms with E-state index in [-0.39, 0.29) is 24.0 Å². The fourth-order valence-corrected chi connectivity index (χ4v) is 3.19. The van der Waals surface area contributed by atoms with Gasteiger partial charge in [-0.1, -0.05) is 0 Å². The number of guanidine groups is 1. The number of piperidine rings is 1. The number of halogens is 1. The van der Waals surface area contributed by atoms with Gasteiger partial charge in [0.1, 0.15) is 12.3 Å². The van der Waals surface area contributed by atoms with Gasteiger partial charge in [0.25, 0.3) is 0 Å². The summed E-state index contributed by atoms with van der Waals surface area (Å²) in [6, 6.07) is 3.65. The van der Waals surface area contributed by atoms with Crippen LogP contribution in [-0.2, 0) is 16.6 Å². The molecule has 0 spiro atoms. The van der Waals surface area contributed by atoms with Crippen LogP contribution >= 0.6 is 24.0 Å². The summed E-state index contributed by atoms with van der Waals surface area (Å²) in [5.74, 6) is 1.57. The average Bonchev–Trinajstić information content (AvgIpc) is 2.95. The number of nitrogens with zero attached hydrogens (tertiary/aromatic N) is 2. The molecule has 1 aromatic rings. The van der Waals surface area contributed by atoms with Gasteiger partial charge in [0.15, 0.2) is 5.96 Å². The second-order valence-corrected chi connectivity index (χ2v) is 7.25. The van der Waals surface area contributed by atoms with E-state index in [1.54, 1.807) is 6.26 Å². The van der Waals surface area contributed by atoms with E-state index >= 15 is 0 Å². The molecule has 22 heavy (non-hydrogen) atoms. The first-order chi connectivity index (χ1) is 9.95. The lowest BCUT2D eigenvalue weighted by Gasteiger charge is -2.30. The first kappa shape index (κ1) is 19.2. The van der Waals surface area contributed by atoms with Crippen LogP contribution in [-0.4, -0.2) is 44.6 Å². The van der Waals surface area contributed by atoms with Crippen LogP contribution in [0.25, 0.3) is 0 Å². The van der Waals surface area contributed by atoms with Crippen LogP contribution in [0.5, 0.6) is 0 Å². The molecule has 1 aliphatic rings. The Balaban J connectivity index is 0.00000242. The fraction of sp³-hybridized carbons (Fsp3) is 0.615. The van der Waals surface area contributed by atoms with Crippen molar-refractivity contribution < 1.29 is 12.8 Å². The van der Waals surface area contributed by atoms with Crippen molar-refractivity contribution in [3.05, 3.63) is 24.2 Å². The maximum Gasteiger partial charge on any atom is 0.211 e. The second kappa shape index (κ2) is 8.73. The van der Waals surface area contributed by atoms with Gasteiger partial charge in [-0.2, -0.15) is 0 Å². The highest BCUT2D eigenvalue weighted by Crippen LogP contribution is 2.18. The summed E-state index contributed by atoms with van der Waals surface area (Å²) >= 11 is 0. The quantitative estimate of drug-likeness (QED) is 0.402. The van der Waals surface area contributed by atoms with Gasteiger partial charge in [-0.3, -0.25) is 0 Å². The largest absolute Gasteiger partial charge is 0.467 e. The first-order valence-corrected chi connectivity index (χ1v) is 8.81. The summed E-state index contributed by atoms with van der Waals surface area (Å²) in [4.78, 5) is 4.19. The predicted octanol–water partition coefficient (Wildman–Crippen LogP) is 0.974. The Labute approximate surface area is 148 Å². The van der Waals surface area contributed by atoms with Crippen molar-refractivity contribution in [3.63, 3.8) is 0 Å². The van der Waals surface area contributed by atoms with Gasteiger partial charge >= 0.3 is 0 Å². The first-order valence-electron chi connectivity index (χ1n) is 6.96. The molecule has 0 unspecified atom stereocenters. The minimum atomic E-state index is -3.06. The van der Waals surface area contributed by atoms with Crippen LogP contribution in [0.15, 0.2) is 27.8 Å². The molecule has 126 valence electrons. The molecular formula is C13H23IN4O3S.